The molecule has 0 aromatic heterocycles. The van der Waals surface area contributed by atoms with Crippen molar-refractivity contribution in [1.29, 1.82) is 0 Å². The average Bonchev–Trinajstić information content (AvgIpc) is 0.909. The van der Waals surface area contributed by atoms with Gasteiger partial charge in [0.1, 0.15) is 19.3 Å². The Balaban J connectivity index is 5.40. The van der Waals surface area contributed by atoms with Crippen LogP contribution in [-0.4, -0.2) is 96.7 Å². The van der Waals surface area contributed by atoms with Gasteiger partial charge in [-0.15, -0.1) is 0 Å². The minimum atomic E-state index is -4.99. The topological polar surface area (TPSA) is 237 Å². The molecule has 0 aliphatic carbocycles. The SMILES string of the molecule is CC/C=C\C/C=C\C/C=C\C/C=C\C/C=C\CCCCCC(=O)OCC(COP(=O)(O)OCC(O)COP(=O)(O)OCC(COC(=O)CCCCCCCCC/C=C\C/C=C\C/C=C\CC)OC(=O)CCCCCCCCCCCCCCCCC)OC(=O)CCCCCCC/C=C\C/C=C\CCCCC. The molecule has 0 aromatic rings. The Kier molecular flexibility index (Phi) is 75.2. The zero-order valence-corrected chi connectivity index (χ0v) is 68.6. The van der Waals surface area contributed by atoms with Crippen LogP contribution in [0.15, 0.2) is 122 Å². The van der Waals surface area contributed by atoms with Gasteiger partial charge < -0.3 is 33.8 Å². The predicted octanol–water partition coefficient (Wildman–Crippen LogP) is 24.7. The van der Waals surface area contributed by atoms with Crippen molar-refractivity contribution in [3.8, 4) is 0 Å². The lowest BCUT2D eigenvalue weighted by molar-refractivity contribution is -0.161. The van der Waals surface area contributed by atoms with Crippen LogP contribution in [0.25, 0.3) is 0 Å². The second-order valence-corrected chi connectivity index (χ2v) is 30.6. The minimum Gasteiger partial charge on any atom is -0.462 e. The van der Waals surface area contributed by atoms with E-state index in [0.717, 1.165) is 186 Å². The second kappa shape index (κ2) is 78.6. The number of unbranched alkanes of at least 4 members (excludes halogenated alkanes) is 32. The van der Waals surface area contributed by atoms with E-state index in [2.05, 4.69) is 149 Å². The summed E-state index contributed by atoms with van der Waals surface area (Å²) in [5.41, 5.74) is 0. The smallest absolute Gasteiger partial charge is 0.462 e. The van der Waals surface area contributed by atoms with Crippen LogP contribution in [0.4, 0.5) is 0 Å². The second-order valence-electron chi connectivity index (χ2n) is 27.7. The summed E-state index contributed by atoms with van der Waals surface area (Å²) in [6.07, 6.45) is 87.3. The monoisotopic (exact) mass is 1530 g/mol. The van der Waals surface area contributed by atoms with Crippen molar-refractivity contribution in [1.82, 2.24) is 0 Å². The Morgan fingerprint density at radius 3 is 0.783 bits per heavy atom. The van der Waals surface area contributed by atoms with Gasteiger partial charge in [-0.2, -0.15) is 0 Å². The van der Waals surface area contributed by atoms with E-state index in [-0.39, 0.29) is 25.7 Å². The molecule has 0 heterocycles. The maximum atomic E-state index is 13.1. The van der Waals surface area contributed by atoms with Gasteiger partial charge >= 0.3 is 39.5 Å². The molecule has 5 unspecified atom stereocenters. The number of rotatable bonds is 78. The quantitative estimate of drug-likeness (QED) is 0.0169. The number of carbonyl (C=O) groups is 4. The molecule has 106 heavy (non-hydrogen) atoms. The lowest BCUT2D eigenvalue weighted by atomic mass is 10.0. The number of hydrogen-bond acceptors (Lipinski definition) is 15. The number of esters is 4. The van der Waals surface area contributed by atoms with Crippen molar-refractivity contribution in [2.45, 2.75) is 367 Å². The van der Waals surface area contributed by atoms with Gasteiger partial charge in [-0.05, 0) is 135 Å². The van der Waals surface area contributed by atoms with E-state index in [9.17, 15) is 43.2 Å². The highest BCUT2D eigenvalue weighted by Gasteiger charge is 2.30. The summed E-state index contributed by atoms with van der Waals surface area (Å²) in [7, 11) is -9.98. The van der Waals surface area contributed by atoms with Crippen LogP contribution in [0.5, 0.6) is 0 Å². The van der Waals surface area contributed by atoms with Gasteiger partial charge in [0.25, 0.3) is 0 Å². The van der Waals surface area contributed by atoms with Crippen molar-refractivity contribution >= 4 is 39.5 Å². The molecule has 5 atom stereocenters. The summed E-state index contributed by atoms with van der Waals surface area (Å²) in [4.78, 5) is 73.2. The summed E-state index contributed by atoms with van der Waals surface area (Å²) in [6.45, 7) is 4.61. The molecule has 19 heteroatoms. The van der Waals surface area contributed by atoms with Gasteiger partial charge in [-0.1, -0.05) is 310 Å². The summed E-state index contributed by atoms with van der Waals surface area (Å²) in [5, 5.41) is 10.7. The highest BCUT2D eigenvalue weighted by atomic mass is 31.2. The molecular formula is C87H150O17P2. The van der Waals surface area contributed by atoms with Gasteiger partial charge in [0.05, 0.1) is 26.4 Å². The van der Waals surface area contributed by atoms with Crippen LogP contribution in [0.3, 0.4) is 0 Å². The Morgan fingerprint density at radius 2 is 0.491 bits per heavy atom. The fourth-order valence-electron chi connectivity index (χ4n) is 11.1. The normalized spacial score (nSPS) is 14.4. The lowest BCUT2D eigenvalue weighted by Crippen LogP contribution is -2.30. The molecule has 0 spiro atoms. The van der Waals surface area contributed by atoms with Crippen molar-refractivity contribution in [2.24, 2.45) is 0 Å². The van der Waals surface area contributed by atoms with E-state index in [1.54, 1.807) is 0 Å². The molecule has 3 N–H and O–H groups in total. The number of carbonyl (C=O) groups excluding carboxylic acids is 4. The molecule has 0 fully saturated rings. The molecule has 0 amide bonds. The van der Waals surface area contributed by atoms with Crippen LogP contribution in [0, 0.1) is 0 Å². The third-order valence-electron chi connectivity index (χ3n) is 17.4. The van der Waals surface area contributed by atoms with Crippen molar-refractivity contribution in [3.05, 3.63) is 122 Å². The standard InChI is InChI=1S/C87H150O17P2/c1-5-9-13-17-21-25-29-33-37-39-40-42-46-48-52-56-60-64-68-72-85(90)98-78-83(104-87(92)74-70-66-62-58-54-50-44-36-32-28-24-20-16-12-8-4)80-102-106(95,96)100-76-81(88)75-99-105(93,94)101-79-82(103-86(91)73-69-65-61-57-53-49-43-35-31-27-23-19-15-11-7-3)77-97-84(89)71-67-63-59-55-51-47-45-41-38-34-30-26-22-18-14-10-6-2/h9-10,13-14,21-22,24-26,28,33-34,36-38,40,42,44,48,52,81-83,88H,5-8,11-12,15-20,23,27,29-32,35,39,41,43,45-47,49-51,53-80H2,1-4H3,(H,93,94)(H,95,96)/b13-9-,14-10-,25-21-,26-22-,28-24-,37-33-,38-34-,42-40-,44-36-,52-48-. The minimum absolute atomic E-state index is 0.0698. The number of allylic oxidation sites excluding steroid dienone is 20. The van der Waals surface area contributed by atoms with E-state index < -0.39 is 97.5 Å². The average molecular weight is 1530 g/mol. The van der Waals surface area contributed by atoms with E-state index in [1.165, 1.54) is 83.5 Å². The summed E-state index contributed by atoms with van der Waals surface area (Å²) in [5.74, 6) is -2.22. The van der Waals surface area contributed by atoms with Crippen LogP contribution < -0.4 is 0 Å². The first-order valence-corrected chi connectivity index (χ1v) is 44.8. The zero-order chi connectivity index (χ0) is 77.4. The van der Waals surface area contributed by atoms with E-state index in [1.807, 2.05) is 0 Å². The summed E-state index contributed by atoms with van der Waals surface area (Å²) < 4.78 is 68.7. The van der Waals surface area contributed by atoms with Crippen molar-refractivity contribution in [2.75, 3.05) is 39.6 Å². The first-order valence-electron chi connectivity index (χ1n) is 41.8. The van der Waals surface area contributed by atoms with Crippen LogP contribution in [-0.2, 0) is 65.4 Å². The number of phosphoric acid groups is 2. The van der Waals surface area contributed by atoms with Crippen LogP contribution >= 0.6 is 15.6 Å². The highest BCUT2D eigenvalue weighted by Crippen LogP contribution is 2.45. The maximum Gasteiger partial charge on any atom is 0.472 e. The van der Waals surface area contributed by atoms with E-state index in [0.29, 0.717) is 25.7 Å². The van der Waals surface area contributed by atoms with Crippen molar-refractivity contribution < 1.29 is 80.2 Å². The van der Waals surface area contributed by atoms with Gasteiger partial charge in [0.2, 0.25) is 0 Å². The van der Waals surface area contributed by atoms with Crippen LogP contribution in [0.1, 0.15) is 349 Å². The van der Waals surface area contributed by atoms with Gasteiger partial charge in [-0.3, -0.25) is 37.3 Å². The fourth-order valence-corrected chi connectivity index (χ4v) is 12.7. The molecule has 0 saturated carbocycles. The van der Waals surface area contributed by atoms with E-state index in [4.69, 9.17) is 37.0 Å². The summed E-state index contributed by atoms with van der Waals surface area (Å²) >= 11 is 0. The van der Waals surface area contributed by atoms with Gasteiger partial charge in [0, 0.05) is 25.7 Å². The fraction of sp³-hybridized carbons (Fsp3) is 0.724. The first kappa shape index (κ1) is 101. The summed E-state index contributed by atoms with van der Waals surface area (Å²) in [6, 6.07) is 0. The third-order valence-corrected chi connectivity index (χ3v) is 19.3. The molecule has 0 saturated heterocycles. The highest BCUT2D eigenvalue weighted by molar-refractivity contribution is 7.47. The Labute approximate surface area is 644 Å². The largest absolute Gasteiger partial charge is 0.472 e. The number of phosphoric ester groups is 2. The molecule has 0 aliphatic heterocycles. The number of aliphatic hydroxyl groups is 1. The Bertz CT molecular complexity index is 2480. The number of aliphatic hydroxyl groups excluding tert-OH is 1. The molecule has 610 valence electrons. The van der Waals surface area contributed by atoms with E-state index >= 15 is 0 Å². The van der Waals surface area contributed by atoms with Crippen molar-refractivity contribution in [3.63, 3.8) is 0 Å². The molecule has 0 rings (SSSR count). The molecule has 0 aromatic carbocycles. The van der Waals surface area contributed by atoms with Gasteiger partial charge in [-0.25, -0.2) is 9.13 Å². The van der Waals surface area contributed by atoms with Crippen LogP contribution in [0.2, 0.25) is 0 Å². The number of ether oxygens (including phenoxy) is 4. The molecule has 0 aliphatic rings. The molecule has 0 bridgehead atoms. The Morgan fingerprint density at radius 1 is 0.274 bits per heavy atom. The molecular weight excluding hydrogens is 1380 g/mol. The molecule has 0 radical (unpaired) electrons. The third kappa shape index (κ3) is 77.6. The Hall–Kier alpha value is -4.54. The maximum absolute atomic E-state index is 13.1. The molecule has 17 nitrogen and oxygen atoms in total. The first-order chi connectivity index (χ1) is 51.7. The predicted molar refractivity (Wildman–Crippen MR) is 436 cm³/mol. The van der Waals surface area contributed by atoms with Gasteiger partial charge in [0.15, 0.2) is 12.2 Å². The lowest BCUT2D eigenvalue weighted by Gasteiger charge is -2.21. The number of hydrogen-bond donors (Lipinski definition) is 3. The zero-order valence-electron chi connectivity index (χ0n) is 66.8.